The van der Waals surface area contributed by atoms with Crippen molar-refractivity contribution in [1.29, 1.82) is 0 Å². The summed E-state index contributed by atoms with van der Waals surface area (Å²) in [5.74, 6) is 1.72. The molecule has 4 aromatic rings. The molecule has 0 unspecified atom stereocenters. The number of rotatable bonds is 8. The first kappa shape index (κ1) is 18.8. The largest absolute Gasteiger partial charge is 0.494 e. The molecule has 0 saturated carbocycles. The molecule has 0 radical (unpaired) electrons. The van der Waals surface area contributed by atoms with E-state index in [4.69, 9.17) is 9.15 Å². The molecule has 6 heteroatoms. The van der Waals surface area contributed by atoms with Crippen LogP contribution in [0.4, 0.5) is 0 Å². The second-order valence-electron chi connectivity index (χ2n) is 6.84. The average Bonchev–Trinajstić information content (AvgIpc) is 3.39. The first-order valence-electron chi connectivity index (χ1n) is 9.66. The summed E-state index contributed by atoms with van der Waals surface area (Å²) < 4.78 is 13.1. The van der Waals surface area contributed by atoms with Crippen molar-refractivity contribution < 1.29 is 13.9 Å². The fourth-order valence-corrected chi connectivity index (χ4v) is 3.21. The summed E-state index contributed by atoms with van der Waals surface area (Å²) in [6.07, 6.45) is 2.31. The molecule has 2 aromatic heterocycles. The van der Waals surface area contributed by atoms with Crippen molar-refractivity contribution >= 4 is 16.9 Å². The topological polar surface area (TPSA) is 69.3 Å². The Labute approximate surface area is 169 Å². The van der Waals surface area contributed by atoms with Gasteiger partial charge < -0.3 is 19.0 Å². The van der Waals surface area contributed by atoms with E-state index in [9.17, 15) is 4.79 Å². The molecule has 29 heavy (non-hydrogen) atoms. The average molecular weight is 389 g/mol. The number of carbonyl (C=O) groups is 1. The zero-order valence-electron chi connectivity index (χ0n) is 16.3. The Morgan fingerprint density at radius 2 is 1.93 bits per heavy atom. The van der Waals surface area contributed by atoms with E-state index in [1.54, 1.807) is 12.1 Å². The van der Waals surface area contributed by atoms with Gasteiger partial charge >= 0.3 is 0 Å². The van der Waals surface area contributed by atoms with E-state index in [0.717, 1.165) is 35.6 Å². The van der Waals surface area contributed by atoms with Crippen LogP contribution in [0.3, 0.4) is 0 Å². The molecule has 2 aromatic carbocycles. The minimum atomic E-state index is -0.253. The summed E-state index contributed by atoms with van der Waals surface area (Å²) in [4.78, 5) is 16.9. The smallest absolute Gasteiger partial charge is 0.287 e. The summed E-state index contributed by atoms with van der Waals surface area (Å²) in [5, 5.41) is 2.88. The molecule has 0 atom stereocenters. The maximum Gasteiger partial charge on any atom is 0.287 e. The third kappa shape index (κ3) is 4.48. The quantitative estimate of drug-likeness (QED) is 0.455. The van der Waals surface area contributed by atoms with Gasteiger partial charge in [-0.2, -0.15) is 0 Å². The van der Waals surface area contributed by atoms with Gasteiger partial charge in [0.25, 0.3) is 5.91 Å². The minimum Gasteiger partial charge on any atom is -0.494 e. The van der Waals surface area contributed by atoms with Crippen molar-refractivity contribution in [3.05, 3.63) is 84.1 Å². The lowest BCUT2D eigenvalue weighted by molar-refractivity contribution is 0.0921. The van der Waals surface area contributed by atoms with E-state index >= 15 is 0 Å². The number of amides is 1. The normalized spacial score (nSPS) is 10.9. The van der Waals surface area contributed by atoms with Crippen LogP contribution in [0.15, 0.2) is 71.3 Å². The van der Waals surface area contributed by atoms with E-state index in [2.05, 4.69) is 21.8 Å². The van der Waals surface area contributed by atoms with Gasteiger partial charge in [0.15, 0.2) is 5.76 Å². The zero-order valence-corrected chi connectivity index (χ0v) is 16.3. The highest BCUT2D eigenvalue weighted by Crippen LogP contribution is 2.17. The summed E-state index contributed by atoms with van der Waals surface area (Å²) in [6, 6.07) is 19.4. The third-order valence-electron chi connectivity index (χ3n) is 4.70. The number of benzene rings is 2. The lowest BCUT2D eigenvalue weighted by Crippen LogP contribution is -2.24. The fourth-order valence-electron chi connectivity index (χ4n) is 3.21. The minimum absolute atomic E-state index is 0.253. The lowest BCUT2D eigenvalue weighted by atomic mass is 10.2. The molecule has 2 heterocycles. The summed E-state index contributed by atoms with van der Waals surface area (Å²) in [5.41, 5.74) is 3.17. The van der Waals surface area contributed by atoms with Crippen LogP contribution < -0.4 is 10.1 Å². The molecule has 0 aliphatic heterocycles. The number of para-hydroxylation sites is 2. The molecule has 148 valence electrons. The molecule has 0 aliphatic carbocycles. The number of ether oxygens (including phenoxy) is 1. The summed E-state index contributed by atoms with van der Waals surface area (Å²) >= 11 is 0. The second-order valence-corrected chi connectivity index (χ2v) is 6.84. The number of imidazole rings is 1. The summed E-state index contributed by atoms with van der Waals surface area (Å²) in [7, 11) is 0. The maximum absolute atomic E-state index is 12.2. The highest BCUT2D eigenvalue weighted by Gasteiger charge is 2.13. The number of hydrogen-bond donors (Lipinski definition) is 1. The Balaban J connectivity index is 1.42. The highest BCUT2D eigenvalue weighted by molar-refractivity contribution is 5.91. The molecular formula is C23H23N3O3. The SMILES string of the molecule is Cc1ccc(OCCCn2c(CNC(=O)c3ccco3)nc3ccccc32)cc1. The van der Waals surface area contributed by atoms with Crippen molar-refractivity contribution in [3.8, 4) is 5.75 Å². The lowest BCUT2D eigenvalue weighted by Gasteiger charge is -2.11. The monoisotopic (exact) mass is 389 g/mol. The van der Waals surface area contributed by atoms with Crippen LogP contribution in [0.2, 0.25) is 0 Å². The summed E-state index contributed by atoms with van der Waals surface area (Å²) in [6.45, 7) is 3.74. The van der Waals surface area contributed by atoms with Gasteiger partial charge in [0, 0.05) is 6.54 Å². The van der Waals surface area contributed by atoms with Crippen LogP contribution in [0.1, 0.15) is 28.4 Å². The van der Waals surface area contributed by atoms with Crippen LogP contribution in [0, 0.1) is 6.92 Å². The molecule has 0 bridgehead atoms. The molecule has 0 saturated heterocycles. The molecule has 0 fully saturated rings. The van der Waals surface area contributed by atoms with E-state index < -0.39 is 0 Å². The second kappa shape index (κ2) is 8.65. The molecular weight excluding hydrogens is 366 g/mol. The number of nitrogens with zero attached hydrogens (tertiary/aromatic N) is 2. The van der Waals surface area contributed by atoms with E-state index in [0.29, 0.717) is 18.9 Å². The standard InChI is InChI=1S/C23H23N3O3/c1-17-9-11-18(12-10-17)28-15-5-13-26-20-7-3-2-6-19(20)25-22(26)16-24-23(27)21-8-4-14-29-21/h2-4,6-12,14H,5,13,15-16H2,1H3,(H,24,27). The van der Waals surface area contributed by atoms with Crippen LogP contribution in [0.5, 0.6) is 5.75 Å². The molecule has 1 amide bonds. The Hall–Kier alpha value is -3.54. The van der Waals surface area contributed by atoms with Crippen LogP contribution in [-0.2, 0) is 13.1 Å². The predicted molar refractivity (Wildman–Crippen MR) is 111 cm³/mol. The number of furan rings is 1. The predicted octanol–water partition coefficient (Wildman–Crippen LogP) is 4.34. The molecule has 4 rings (SSSR count). The van der Waals surface area contributed by atoms with Crippen molar-refractivity contribution in [2.75, 3.05) is 6.61 Å². The number of hydrogen-bond acceptors (Lipinski definition) is 4. The zero-order chi connectivity index (χ0) is 20.1. The van der Waals surface area contributed by atoms with Crippen LogP contribution in [-0.4, -0.2) is 22.1 Å². The highest BCUT2D eigenvalue weighted by atomic mass is 16.5. The Morgan fingerprint density at radius 3 is 2.72 bits per heavy atom. The Bertz CT molecular complexity index is 1080. The van der Waals surface area contributed by atoms with Gasteiger partial charge in [-0.1, -0.05) is 29.8 Å². The number of fused-ring (bicyclic) bond motifs is 1. The number of aromatic nitrogens is 2. The Kier molecular flexibility index (Phi) is 5.61. The fraction of sp³-hybridized carbons (Fsp3) is 0.217. The van der Waals surface area contributed by atoms with Crippen molar-refractivity contribution in [3.63, 3.8) is 0 Å². The molecule has 0 spiro atoms. The Morgan fingerprint density at radius 1 is 1.10 bits per heavy atom. The number of nitrogens with one attached hydrogen (secondary N) is 1. The first-order chi connectivity index (χ1) is 14.2. The van der Waals surface area contributed by atoms with Crippen LogP contribution >= 0.6 is 0 Å². The van der Waals surface area contributed by atoms with Gasteiger partial charge in [-0.15, -0.1) is 0 Å². The van der Waals surface area contributed by atoms with Gasteiger partial charge in [0.2, 0.25) is 0 Å². The van der Waals surface area contributed by atoms with E-state index in [-0.39, 0.29) is 5.91 Å². The van der Waals surface area contributed by atoms with E-state index in [1.165, 1.54) is 11.8 Å². The van der Waals surface area contributed by atoms with Gasteiger partial charge in [-0.3, -0.25) is 4.79 Å². The van der Waals surface area contributed by atoms with E-state index in [1.807, 2.05) is 48.5 Å². The van der Waals surface area contributed by atoms with Crippen LogP contribution in [0.25, 0.3) is 11.0 Å². The first-order valence-corrected chi connectivity index (χ1v) is 9.66. The van der Waals surface area contributed by atoms with Gasteiger partial charge in [0.05, 0.1) is 30.4 Å². The maximum atomic E-state index is 12.2. The molecule has 1 N–H and O–H groups in total. The third-order valence-corrected chi connectivity index (χ3v) is 4.70. The van der Waals surface area contributed by atoms with Crippen molar-refractivity contribution in [1.82, 2.24) is 14.9 Å². The van der Waals surface area contributed by atoms with Crippen molar-refractivity contribution in [2.45, 2.75) is 26.4 Å². The number of aryl methyl sites for hydroxylation is 2. The van der Waals surface area contributed by atoms with Gasteiger partial charge in [0.1, 0.15) is 11.6 Å². The van der Waals surface area contributed by atoms with Gasteiger partial charge in [-0.05, 0) is 49.7 Å². The van der Waals surface area contributed by atoms with Crippen molar-refractivity contribution in [2.24, 2.45) is 0 Å². The molecule has 6 nitrogen and oxygen atoms in total. The number of carbonyl (C=O) groups excluding carboxylic acids is 1. The van der Waals surface area contributed by atoms with Gasteiger partial charge in [-0.25, -0.2) is 4.98 Å². The molecule has 0 aliphatic rings.